The van der Waals surface area contributed by atoms with E-state index in [-0.39, 0.29) is 18.4 Å². The molecule has 1 unspecified atom stereocenters. The summed E-state index contributed by atoms with van der Waals surface area (Å²) >= 11 is 0. The van der Waals surface area contributed by atoms with Crippen molar-refractivity contribution in [3.63, 3.8) is 0 Å². The average Bonchev–Trinajstić information content (AvgIpc) is 2.43. The third kappa shape index (κ3) is 5.04. The zero-order chi connectivity index (χ0) is 16.1. The predicted octanol–water partition coefficient (Wildman–Crippen LogP) is 2.89. The molecule has 3 N–H and O–H groups in total. The Balaban J connectivity index is 3.12. The summed E-state index contributed by atoms with van der Waals surface area (Å²) < 4.78 is 38.6. The first-order chi connectivity index (χ1) is 9.74. The van der Waals surface area contributed by atoms with Gasteiger partial charge in [0.25, 0.3) is 0 Å². The van der Waals surface area contributed by atoms with Crippen LogP contribution in [0.25, 0.3) is 0 Å². The van der Waals surface area contributed by atoms with E-state index in [0.29, 0.717) is 13.0 Å². The van der Waals surface area contributed by atoms with Crippen LogP contribution in [0.4, 0.5) is 24.9 Å². The van der Waals surface area contributed by atoms with Gasteiger partial charge in [-0.05, 0) is 19.8 Å². The fourth-order valence-electron chi connectivity index (χ4n) is 1.52. The maximum atomic E-state index is 12.9. The predicted molar refractivity (Wildman–Crippen MR) is 75.2 cm³/mol. The monoisotopic (exact) mass is 306 g/mol. The molecular formula is C13H21F3N4O. The van der Waals surface area contributed by atoms with Gasteiger partial charge in [0, 0.05) is 12.6 Å². The SMILES string of the molecule is CCCNc1nc(NC(C)(CC)CO)cc(C(F)(F)F)n1. The normalized spacial score (nSPS) is 14.6. The summed E-state index contributed by atoms with van der Waals surface area (Å²) in [4.78, 5) is 7.50. The van der Waals surface area contributed by atoms with Gasteiger partial charge in [0.2, 0.25) is 5.95 Å². The van der Waals surface area contributed by atoms with Crippen molar-refractivity contribution in [3.8, 4) is 0 Å². The molecule has 0 fully saturated rings. The molecule has 120 valence electrons. The maximum absolute atomic E-state index is 12.9. The van der Waals surface area contributed by atoms with Gasteiger partial charge in [-0.15, -0.1) is 0 Å². The van der Waals surface area contributed by atoms with Crippen molar-refractivity contribution >= 4 is 11.8 Å². The van der Waals surface area contributed by atoms with Gasteiger partial charge in [-0.25, -0.2) is 4.98 Å². The fraction of sp³-hybridized carbons (Fsp3) is 0.692. The minimum atomic E-state index is -4.55. The summed E-state index contributed by atoms with van der Waals surface area (Å²) in [6, 6.07) is 0.848. The van der Waals surface area contributed by atoms with E-state index < -0.39 is 17.4 Å². The Morgan fingerprint density at radius 3 is 2.38 bits per heavy atom. The highest BCUT2D eigenvalue weighted by Gasteiger charge is 2.34. The smallest absolute Gasteiger partial charge is 0.394 e. The summed E-state index contributed by atoms with van der Waals surface area (Å²) in [6.45, 7) is 5.69. The molecule has 0 spiro atoms. The Morgan fingerprint density at radius 1 is 1.24 bits per heavy atom. The summed E-state index contributed by atoms with van der Waals surface area (Å²) in [5.41, 5.74) is -1.76. The van der Waals surface area contributed by atoms with Crippen molar-refractivity contribution in [1.29, 1.82) is 0 Å². The van der Waals surface area contributed by atoms with Crippen LogP contribution in [0.3, 0.4) is 0 Å². The van der Waals surface area contributed by atoms with Crippen molar-refractivity contribution in [2.45, 2.75) is 45.3 Å². The van der Waals surface area contributed by atoms with Gasteiger partial charge in [-0.1, -0.05) is 13.8 Å². The molecule has 0 saturated heterocycles. The van der Waals surface area contributed by atoms with Crippen molar-refractivity contribution in [2.24, 2.45) is 0 Å². The van der Waals surface area contributed by atoms with Crippen LogP contribution in [0.1, 0.15) is 39.3 Å². The summed E-state index contributed by atoms with van der Waals surface area (Å²) in [6.07, 6.45) is -3.28. The molecule has 21 heavy (non-hydrogen) atoms. The van der Waals surface area contributed by atoms with Gasteiger partial charge in [0.05, 0.1) is 12.1 Å². The van der Waals surface area contributed by atoms with E-state index >= 15 is 0 Å². The Bertz CT molecular complexity index is 461. The fourth-order valence-corrected chi connectivity index (χ4v) is 1.52. The molecule has 0 saturated carbocycles. The average molecular weight is 306 g/mol. The summed E-state index contributed by atoms with van der Waals surface area (Å²) in [7, 11) is 0. The minimum absolute atomic E-state index is 0.0364. The molecule has 0 aliphatic carbocycles. The van der Waals surface area contributed by atoms with Crippen LogP contribution in [-0.4, -0.2) is 33.8 Å². The third-order valence-corrected chi connectivity index (χ3v) is 3.11. The van der Waals surface area contributed by atoms with E-state index in [4.69, 9.17) is 0 Å². The Morgan fingerprint density at radius 2 is 1.90 bits per heavy atom. The van der Waals surface area contributed by atoms with E-state index in [1.165, 1.54) is 0 Å². The molecule has 1 atom stereocenters. The quantitative estimate of drug-likeness (QED) is 0.722. The highest BCUT2D eigenvalue weighted by molar-refractivity contribution is 5.45. The van der Waals surface area contributed by atoms with Gasteiger partial charge in [0.15, 0.2) is 5.69 Å². The van der Waals surface area contributed by atoms with Crippen LogP contribution in [0.5, 0.6) is 0 Å². The van der Waals surface area contributed by atoms with Gasteiger partial charge in [-0.2, -0.15) is 18.2 Å². The highest BCUT2D eigenvalue weighted by Crippen LogP contribution is 2.30. The molecule has 0 radical (unpaired) electrons. The maximum Gasteiger partial charge on any atom is 0.433 e. The first kappa shape index (κ1) is 17.5. The number of aliphatic hydroxyl groups excluding tert-OH is 1. The highest BCUT2D eigenvalue weighted by atomic mass is 19.4. The lowest BCUT2D eigenvalue weighted by molar-refractivity contribution is -0.141. The molecule has 0 aliphatic rings. The Kier molecular flexibility index (Phi) is 5.77. The molecule has 1 aromatic rings. The first-order valence-electron chi connectivity index (χ1n) is 6.83. The van der Waals surface area contributed by atoms with Crippen molar-refractivity contribution in [1.82, 2.24) is 9.97 Å². The molecule has 8 heteroatoms. The number of hydrogen-bond acceptors (Lipinski definition) is 5. The molecule has 1 rings (SSSR count). The number of nitrogens with zero attached hydrogens (tertiary/aromatic N) is 2. The largest absolute Gasteiger partial charge is 0.433 e. The molecular weight excluding hydrogens is 285 g/mol. The molecule has 1 heterocycles. The number of aromatic nitrogens is 2. The van der Waals surface area contributed by atoms with E-state index in [1.54, 1.807) is 6.92 Å². The van der Waals surface area contributed by atoms with E-state index in [2.05, 4.69) is 20.6 Å². The van der Waals surface area contributed by atoms with Crippen LogP contribution in [0.2, 0.25) is 0 Å². The van der Waals surface area contributed by atoms with Crippen LogP contribution in [-0.2, 0) is 6.18 Å². The van der Waals surface area contributed by atoms with E-state index in [9.17, 15) is 18.3 Å². The number of aliphatic hydroxyl groups is 1. The van der Waals surface area contributed by atoms with Crippen LogP contribution >= 0.6 is 0 Å². The van der Waals surface area contributed by atoms with Gasteiger partial charge >= 0.3 is 6.18 Å². The second-order valence-corrected chi connectivity index (χ2v) is 5.08. The summed E-state index contributed by atoms with van der Waals surface area (Å²) in [5, 5.41) is 14.9. The molecule has 1 aromatic heterocycles. The van der Waals surface area contributed by atoms with Crippen LogP contribution in [0, 0.1) is 0 Å². The van der Waals surface area contributed by atoms with Gasteiger partial charge in [-0.3, -0.25) is 0 Å². The molecule has 5 nitrogen and oxygen atoms in total. The lowest BCUT2D eigenvalue weighted by Gasteiger charge is -2.28. The Labute approximate surface area is 122 Å². The van der Waals surface area contributed by atoms with Crippen LogP contribution < -0.4 is 10.6 Å². The van der Waals surface area contributed by atoms with Crippen LogP contribution in [0.15, 0.2) is 6.07 Å². The molecule has 0 amide bonds. The number of rotatable bonds is 7. The molecule has 0 aromatic carbocycles. The number of hydrogen-bond donors (Lipinski definition) is 3. The first-order valence-corrected chi connectivity index (χ1v) is 6.83. The van der Waals surface area contributed by atoms with Crippen molar-refractivity contribution in [2.75, 3.05) is 23.8 Å². The Hall–Kier alpha value is -1.57. The van der Waals surface area contributed by atoms with E-state index in [1.807, 2.05) is 13.8 Å². The number of nitrogens with one attached hydrogen (secondary N) is 2. The minimum Gasteiger partial charge on any atom is -0.394 e. The second-order valence-electron chi connectivity index (χ2n) is 5.08. The van der Waals surface area contributed by atoms with Gasteiger partial charge < -0.3 is 15.7 Å². The van der Waals surface area contributed by atoms with E-state index in [0.717, 1.165) is 12.5 Å². The topological polar surface area (TPSA) is 70.1 Å². The molecule has 0 aliphatic heterocycles. The number of anilines is 2. The third-order valence-electron chi connectivity index (χ3n) is 3.11. The summed E-state index contributed by atoms with van der Waals surface area (Å²) in [5.74, 6) is -0.0418. The molecule has 0 bridgehead atoms. The van der Waals surface area contributed by atoms with Crippen molar-refractivity contribution < 1.29 is 18.3 Å². The zero-order valence-corrected chi connectivity index (χ0v) is 12.4. The standard InChI is InChI=1S/C13H21F3N4O/c1-4-6-17-11-18-9(13(14,15)16)7-10(19-11)20-12(3,5-2)8-21/h7,21H,4-6,8H2,1-3H3,(H2,17,18,19,20). The van der Waals surface area contributed by atoms with Crippen molar-refractivity contribution in [3.05, 3.63) is 11.8 Å². The second kappa shape index (κ2) is 6.93. The number of halogens is 3. The zero-order valence-electron chi connectivity index (χ0n) is 12.4. The number of alkyl halides is 3. The van der Waals surface area contributed by atoms with Gasteiger partial charge in [0.1, 0.15) is 5.82 Å². The lowest BCUT2D eigenvalue weighted by Crippen LogP contribution is -2.38. The lowest BCUT2D eigenvalue weighted by atomic mass is 10.0.